The van der Waals surface area contributed by atoms with Crippen LogP contribution in [0.5, 0.6) is 0 Å². The second kappa shape index (κ2) is 9.62. The Morgan fingerprint density at radius 3 is 2.69 bits per heavy atom. The Hall–Kier alpha value is -3.92. The molecule has 2 aliphatic heterocycles. The van der Waals surface area contributed by atoms with Gasteiger partial charge in [-0.05, 0) is 36.1 Å². The van der Waals surface area contributed by atoms with Crippen molar-refractivity contribution in [2.75, 3.05) is 32.1 Å². The summed E-state index contributed by atoms with van der Waals surface area (Å²) < 4.78 is 11.2. The third-order valence-corrected chi connectivity index (χ3v) is 7.00. The number of nitrogens with one attached hydrogen (secondary N) is 2. The second-order valence-electron chi connectivity index (χ2n) is 9.19. The number of rotatable bonds is 6. The van der Waals surface area contributed by atoms with Gasteiger partial charge >= 0.3 is 12.1 Å². The van der Waals surface area contributed by atoms with Crippen molar-refractivity contribution in [3.8, 4) is 0 Å². The zero-order chi connectivity index (χ0) is 25.3. The number of benzene rings is 2. The van der Waals surface area contributed by atoms with E-state index in [1.165, 1.54) is 7.05 Å². The maximum absolute atomic E-state index is 13.6. The quantitative estimate of drug-likeness (QED) is 0.640. The standard InChI is InChI=1S/C26H28N4O6/c1-27-24(33)28-19-7-8-21-18(13-19)9-11-26(21)23(32)30(25(34)36-26)15-22(31)29(20-10-12-35-16-20)14-17-5-3-2-4-6-17/h2-8,13,20H,9-12,14-16H2,1H3,(H2,27,28,33). The lowest BCUT2D eigenvalue weighted by atomic mass is 9.94. The summed E-state index contributed by atoms with van der Waals surface area (Å²) in [5.41, 5.74) is 1.48. The van der Waals surface area contributed by atoms with E-state index in [2.05, 4.69) is 10.6 Å². The predicted molar refractivity (Wildman–Crippen MR) is 129 cm³/mol. The van der Waals surface area contributed by atoms with E-state index in [1.54, 1.807) is 23.1 Å². The molecule has 0 radical (unpaired) electrons. The van der Waals surface area contributed by atoms with E-state index in [1.807, 2.05) is 30.3 Å². The molecule has 0 bridgehead atoms. The number of ether oxygens (including phenoxy) is 2. The number of hydrogen-bond acceptors (Lipinski definition) is 6. The number of amides is 5. The zero-order valence-corrected chi connectivity index (χ0v) is 20.0. The Labute approximate surface area is 208 Å². The molecule has 2 N–H and O–H groups in total. The predicted octanol–water partition coefficient (Wildman–Crippen LogP) is 2.38. The van der Waals surface area contributed by atoms with Gasteiger partial charge in [0, 0.05) is 37.9 Å². The van der Waals surface area contributed by atoms with Gasteiger partial charge in [-0.1, -0.05) is 36.4 Å². The van der Waals surface area contributed by atoms with E-state index >= 15 is 0 Å². The topological polar surface area (TPSA) is 117 Å². The number of anilines is 1. The first kappa shape index (κ1) is 23.8. The summed E-state index contributed by atoms with van der Waals surface area (Å²) in [7, 11) is 1.52. The van der Waals surface area contributed by atoms with Crippen LogP contribution in [0.1, 0.15) is 29.5 Å². The number of fused-ring (bicyclic) bond motifs is 2. The Morgan fingerprint density at radius 1 is 1.17 bits per heavy atom. The van der Waals surface area contributed by atoms with Crippen LogP contribution in [0.4, 0.5) is 15.3 Å². The number of nitrogens with zero attached hydrogens (tertiary/aromatic N) is 2. The van der Waals surface area contributed by atoms with Gasteiger partial charge in [-0.25, -0.2) is 14.5 Å². The number of carbonyl (C=O) groups excluding carboxylic acids is 4. The summed E-state index contributed by atoms with van der Waals surface area (Å²) >= 11 is 0. The van der Waals surface area contributed by atoms with Crippen LogP contribution in [0.2, 0.25) is 0 Å². The summed E-state index contributed by atoms with van der Waals surface area (Å²) in [6.07, 6.45) is 0.654. The third-order valence-electron chi connectivity index (χ3n) is 7.00. The lowest BCUT2D eigenvalue weighted by molar-refractivity contribution is -0.143. The van der Waals surface area contributed by atoms with E-state index in [4.69, 9.17) is 9.47 Å². The highest BCUT2D eigenvalue weighted by Crippen LogP contribution is 2.46. The van der Waals surface area contributed by atoms with Crippen LogP contribution in [0, 0.1) is 0 Å². The monoisotopic (exact) mass is 492 g/mol. The van der Waals surface area contributed by atoms with E-state index in [0.717, 1.165) is 16.0 Å². The molecule has 36 heavy (non-hydrogen) atoms. The molecule has 2 aromatic carbocycles. The van der Waals surface area contributed by atoms with Crippen molar-refractivity contribution in [1.82, 2.24) is 15.1 Å². The van der Waals surface area contributed by atoms with Gasteiger partial charge in [-0.15, -0.1) is 0 Å². The summed E-state index contributed by atoms with van der Waals surface area (Å²) in [6.45, 7) is 0.944. The lowest BCUT2D eigenvalue weighted by Gasteiger charge is -2.29. The number of aryl methyl sites for hydroxylation is 1. The smallest absolute Gasteiger partial charge is 0.418 e. The highest BCUT2D eigenvalue weighted by molar-refractivity contribution is 6.06. The molecule has 5 amide bonds. The van der Waals surface area contributed by atoms with Crippen LogP contribution in [0.3, 0.4) is 0 Å². The number of urea groups is 1. The van der Waals surface area contributed by atoms with Crippen LogP contribution in [0.15, 0.2) is 48.5 Å². The van der Waals surface area contributed by atoms with E-state index in [9.17, 15) is 19.2 Å². The van der Waals surface area contributed by atoms with E-state index in [-0.39, 0.29) is 24.4 Å². The summed E-state index contributed by atoms with van der Waals surface area (Å²) in [5, 5.41) is 5.19. The van der Waals surface area contributed by atoms with Gasteiger partial charge < -0.3 is 25.0 Å². The SMILES string of the molecule is CNC(=O)Nc1ccc2c(c1)CCC21OC(=O)N(CC(=O)N(Cc2ccccc2)C2CCOC2)C1=O. The summed E-state index contributed by atoms with van der Waals surface area (Å²) in [5.74, 6) is -0.867. The maximum atomic E-state index is 13.6. The zero-order valence-electron chi connectivity index (χ0n) is 20.0. The molecule has 5 rings (SSSR count). The molecule has 2 atom stereocenters. The first-order valence-electron chi connectivity index (χ1n) is 12.0. The fourth-order valence-electron chi connectivity index (χ4n) is 5.12. The molecule has 2 heterocycles. The van der Waals surface area contributed by atoms with Gasteiger partial charge in [0.25, 0.3) is 5.91 Å². The molecule has 2 aromatic rings. The van der Waals surface area contributed by atoms with E-state index < -0.39 is 24.1 Å². The Morgan fingerprint density at radius 2 is 1.97 bits per heavy atom. The van der Waals surface area contributed by atoms with Crippen LogP contribution in [0.25, 0.3) is 0 Å². The first-order valence-corrected chi connectivity index (χ1v) is 12.0. The van der Waals surface area contributed by atoms with Gasteiger partial charge in [0.2, 0.25) is 11.5 Å². The highest BCUT2D eigenvalue weighted by Gasteiger charge is 2.58. The molecule has 10 nitrogen and oxygen atoms in total. The Balaban J connectivity index is 1.35. The molecule has 10 heteroatoms. The van der Waals surface area contributed by atoms with Gasteiger partial charge in [-0.2, -0.15) is 0 Å². The van der Waals surface area contributed by atoms with Crippen molar-refractivity contribution >= 4 is 29.6 Å². The molecular formula is C26H28N4O6. The molecule has 2 fully saturated rings. The molecular weight excluding hydrogens is 464 g/mol. The van der Waals surface area contributed by atoms with Crippen molar-refractivity contribution in [3.63, 3.8) is 0 Å². The molecule has 3 aliphatic rings. The minimum atomic E-state index is -1.45. The highest BCUT2D eigenvalue weighted by atomic mass is 16.6. The molecule has 2 unspecified atom stereocenters. The minimum Gasteiger partial charge on any atom is -0.427 e. The van der Waals surface area contributed by atoms with Gasteiger partial charge in [-0.3, -0.25) is 9.59 Å². The van der Waals surface area contributed by atoms with Crippen molar-refractivity contribution in [3.05, 3.63) is 65.2 Å². The molecule has 2 saturated heterocycles. The number of hydrogen-bond donors (Lipinski definition) is 2. The minimum absolute atomic E-state index is 0.126. The van der Waals surface area contributed by atoms with E-state index in [0.29, 0.717) is 43.9 Å². The summed E-state index contributed by atoms with van der Waals surface area (Å²) in [4.78, 5) is 54.1. The van der Waals surface area contributed by atoms with Crippen molar-refractivity contribution in [1.29, 1.82) is 0 Å². The fraction of sp³-hybridized carbons (Fsp3) is 0.385. The molecule has 1 aliphatic carbocycles. The number of imide groups is 1. The Bertz CT molecular complexity index is 1200. The Kier molecular flexibility index (Phi) is 6.36. The molecule has 0 saturated carbocycles. The largest absolute Gasteiger partial charge is 0.427 e. The maximum Gasteiger partial charge on any atom is 0.418 e. The van der Waals surface area contributed by atoms with Crippen LogP contribution >= 0.6 is 0 Å². The van der Waals surface area contributed by atoms with Crippen LogP contribution in [-0.2, 0) is 37.6 Å². The molecule has 0 aromatic heterocycles. The van der Waals surface area contributed by atoms with Crippen LogP contribution < -0.4 is 10.6 Å². The third kappa shape index (κ3) is 4.28. The average molecular weight is 493 g/mol. The second-order valence-corrected chi connectivity index (χ2v) is 9.19. The van der Waals surface area contributed by atoms with Crippen LogP contribution in [-0.4, -0.2) is 66.6 Å². The molecule has 188 valence electrons. The normalized spacial score (nSPS) is 22.5. The van der Waals surface area contributed by atoms with Crippen molar-refractivity contribution < 1.29 is 28.7 Å². The van der Waals surface area contributed by atoms with Gasteiger partial charge in [0.1, 0.15) is 6.54 Å². The molecule has 1 spiro atoms. The first-order chi connectivity index (χ1) is 17.4. The lowest BCUT2D eigenvalue weighted by Crippen LogP contribution is -2.48. The fourth-order valence-corrected chi connectivity index (χ4v) is 5.12. The number of carbonyl (C=O) groups is 4. The van der Waals surface area contributed by atoms with Gasteiger partial charge in [0.15, 0.2) is 0 Å². The van der Waals surface area contributed by atoms with Crippen molar-refractivity contribution in [2.24, 2.45) is 0 Å². The average Bonchev–Trinajstić information content (AvgIpc) is 3.59. The van der Waals surface area contributed by atoms with Crippen molar-refractivity contribution in [2.45, 2.75) is 37.5 Å². The summed E-state index contributed by atoms with van der Waals surface area (Å²) in [6, 6.07) is 14.2. The van der Waals surface area contributed by atoms with Gasteiger partial charge in [0.05, 0.1) is 12.6 Å².